The minimum atomic E-state index is -0.0783. The third kappa shape index (κ3) is 4.32. The Hall–Kier alpha value is -0.870. The van der Waals surface area contributed by atoms with Gasteiger partial charge in [0.05, 0.1) is 25.7 Å². The van der Waals surface area contributed by atoms with E-state index in [-0.39, 0.29) is 18.0 Å². The van der Waals surface area contributed by atoms with Gasteiger partial charge in [-0.15, -0.1) is 0 Å². The van der Waals surface area contributed by atoms with Gasteiger partial charge in [-0.3, -0.25) is 4.79 Å². The van der Waals surface area contributed by atoms with Crippen LogP contribution in [0.15, 0.2) is 28.7 Å². The number of hydrogen-bond acceptors (Lipinski definition) is 3. The highest BCUT2D eigenvalue weighted by Gasteiger charge is 2.27. The second kappa shape index (κ2) is 7.06. The lowest BCUT2D eigenvalue weighted by Crippen LogP contribution is -2.26. The molecule has 0 heterocycles. The lowest BCUT2D eigenvalue weighted by Gasteiger charge is -2.27. The number of rotatable bonds is 4. The summed E-state index contributed by atoms with van der Waals surface area (Å²) in [6, 6.07) is 8.15. The first-order chi connectivity index (χ1) is 9.19. The Labute approximate surface area is 122 Å². The molecule has 19 heavy (non-hydrogen) atoms. The Morgan fingerprint density at radius 2 is 2.05 bits per heavy atom. The fraction of sp³-hybridized carbons (Fsp3) is 0.533. The molecule has 3 nitrogen and oxygen atoms in total. The maximum atomic E-state index is 11.4. The van der Waals surface area contributed by atoms with Crippen LogP contribution in [-0.2, 0) is 20.9 Å². The monoisotopic (exact) mass is 326 g/mol. The second-order valence-electron chi connectivity index (χ2n) is 4.94. The van der Waals surface area contributed by atoms with Crippen molar-refractivity contribution in [2.45, 2.75) is 38.4 Å². The average molecular weight is 327 g/mol. The number of halogens is 1. The fourth-order valence-corrected chi connectivity index (χ4v) is 2.92. The number of carbonyl (C=O) groups excluding carboxylic acids is 1. The summed E-state index contributed by atoms with van der Waals surface area (Å²) in [7, 11) is 1.46. The van der Waals surface area contributed by atoms with Crippen molar-refractivity contribution in [3.8, 4) is 0 Å². The lowest BCUT2D eigenvalue weighted by molar-refractivity contribution is -0.147. The summed E-state index contributed by atoms with van der Waals surface area (Å²) in [4.78, 5) is 11.4. The number of benzene rings is 1. The molecule has 1 aromatic carbocycles. The molecule has 0 spiro atoms. The molecule has 1 saturated carbocycles. The third-order valence-electron chi connectivity index (χ3n) is 3.58. The highest BCUT2D eigenvalue weighted by atomic mass is 79.9. The third-order valence-corrected chi connectivity index (χ3v) is 4.08. The van der Waals surface area contributed by atoms with Crippen LogP contribution in [0.2, 0.25) is 0 Å². The van der Waals surface area contributed by atoms with Gasteiger partial charge in [0.1, 0.15) is 0 Å². The summed E-state index contributed by atoms with van der Waals surface area (Å²) in [5.74, 6) is -0.0128. The highest BCUT2D eigenvalue weighted by molar-refractivity contribution is 9.10. The SMILES string of the molecule is COC(=O)C1CCC(OCc2cccc(Br)c2)CC1. The zero-order valence-corrected chi connectivity index (χ0v) is 12.7. The Kier molecular flexibility index (Phi) is 5.40. The predicted molar refractivity (Wildman–Crippen MR) is 76.7 cm³/mol. The largest absolute Gasteiger partial charge is 0.469 e. The topological polar surface area (TPSA) is 35.5 Å². The van der Waals surface area contributed by atoms with E-state index in [0.717, 1.165) is 30.2 Å². The molecule has 0 unspecified atom stereocenters. The Balaban J connectivity index is 1.75. The van der Waals surface area contributed by atoms with E-state index < -0.39 is 0 Å². The molecule has 0 bridgehead atoms. The van der Waals surface area contributed by atoms with Crippen LogP contribution in [0.25, 0.3) is 0 Å². The number of methoxy groups -OCH3 is 1. The minimum absolute atomic E-state index is 0.0655. The van der Waals surface area contributed by atoms with Gasteiger partial charge in [0.25, 0.3) is 0 Å². The van der Waals surface area contributed by atoms with E-state index in [9.17, 15) is 4.79 Å². The number of ether oxygens (including phenoxy) is 2. The van der Waals surface area contributed by atoms with Crippen molar-refractivity contribution in [2.75, 3.05) is 7.11 Å². The molecule has 4 heteroatoms. The van der Waals surface area contributed by atoms with E-state index in [1.807, 2.05) is 12.1 Å². The van der Waals surface area contributed by atoms with E-state index in [4.69, 9.17) is 9.47 Å². The average Bonchev–Trinajstić information content (AvgIpc) is 2.45. The minimum Gasteiger partial charge on any atom is -0.469 e. The summed E-state index contributed by atoms with van der Waals surface area (Å²) in [6.45, 7) is 0.632. The van der Waals surface area contributed by atoms with Crippen LogP contribution in [0, 0.1) is 5.92 Å². The lowest BCUT2D eigenvalue weighted by atomic mass is 9.87. The molecule has 2 rings (SSSR count). The van der Waals surface area contributed by atoms with Crippen LogP contribution in [-0.4, -0.2) is 19.2 Å². The summed E-state index contributed by atoms with van der Waals surface area (Å²) in [5.41, 5.74) is 1.17. The van der Waals surface area contributed by atoms with Crippen LogP contribution in [0.3, 0.4) is 0 Å². The van der Waals surface area contributed by atoms with E-state index in [1.165, 1.54) is 12.7 Å². The number of carbonyl (C=O) groups is 1. The Bertz CT molecular complexity index is 425. The van der Waals surface area contributed by atoms with Crippen LogP contribution >= 0.6 is 15.9 Å². The highest BCUT2D eigenvalue weighted by Crippen LogP contribution is 2.27. The van der Waals surface area contributed by atoms with E-state index in [2.05, 4.69) is 28.1 Å². The first kappa shape index (κ1) is 14.5. The van der Waals surface area contributed by atoms with Gasteiger partial charge in [-0.2, -0.15) is 0 Å². The molecular formula is C15H19BrO3. The molecule has 1 aliphatic rings. The maximum Gasteiger partial charge on any atom is 0.308 e. The van der Waals surface area contributed by atoms with Gasteiger partial charge in [0, 0.05) is 4.47 Å². The van der Waals surface area contributed by atoms with Gasteiger partial charge in [0.2, 0.25) is 0 Å². The zero-order valence-electron chi connectivity index (χ0n) is 11.1. The molecule has 104 valence electrons. The quantitative estimate of drug-likeness (QED) is 0.791. The normalized spacial score (nSPS) is 23.1. The number of esters is 1. The molecule has 0 N–H and O–H groups in total. The van der Waals surface area contributed by atoms with Crippen LogP contribution in [0.1, 0.15) is 31.2 Å². The van der Waals surface area contributed by atoms with E-state index >= 15 is 0 Å². The van der Waals surface area contributed by atoms with Crippen molar-refractivity contribution in [2.24, 2.45) is 5.92 Å². The van der Waals surface area contributed by atoms with Crippen LogP contribution in [0.4, 0.5) is 0 Å². The summed E-state index contributed by atoms with van der Waals surface area (Å²) in [5, 5.41) is 0. The van der Waals surface area contributed by atoms with Crippen molar-refractivity contribution in [1.82, 2.24) is 0 Å². The number of hydrogen-bond donors (Lipinski definition) is 0. The predicted octanol–water partition coefficient (Wildman–Crippen LogP) is 3.70. The van der Waals surface area contributed by atoms with Crippen LogP contribution < -0.4 is 0 Å². The molecule has 0 aromatic heterocycles. The zero-order chi connectivity index (χ0) is 13.7. The molecule has 0 aliphatic heterocycles. The molecular weight excluding hydrogens is 308 g/mol. The summed E-state index contributed by atoms with van der Waals surface area (Å²) in [6.07, 6.45) is 3.88. The van der Waals surface area contributed by atoms with Crippen molar-refractivity contribution < 1.29 is 14.3 Å². The van der Waals surface area contributed by atoms with Gasteiger partial charge < -0.3 is 9.47 Å². The first-order valence-corrected chi connectivity index (χ1v) is 7.42. The first-order valence-electron chi connectivity index (χ1n) is 6.63. The van der Waals surface area contributed by atoms with Crippen molar-refractivity contribution in [1.29, 1.82) is 0 Å². The second-order valence-corrected chi connectivity index (χ2v) is 5.85. The van der Waals surface area contributed by atoms with E-state index in [1.54, 1.807) is 0 Å². The maximum absolute atomic E-state index is 11.4. The fourth-order valence-electron chi connectivity index (χ4n) is 2.47. The Morgan fingerprint density at radius 3 is 2.68 bits per heavy atom. The standard InChI is InChI=1S/C15H19BrO3/c1-18-15(17)12-5-7-14(8-6-12)19-10-11-3-2-4-13(16)9-11/h2-4,9,12,14H,5-8,10H2,1H3. The molecule has 0 amide bonds. The van der Waals surface area contributed by atoms with Gasteiger partial charge in [0.15, 0.2) is 0 Å². The van der Waals surface area contributed by atoms with E-state index in [0.29, 0.717) is 6.61 Å². The molecule has 1 fully saturated rings. The molecule has 0 atom stereocenters. The van der Waals surface area contributed by atoms with Gasteiger partial charge in [-0.05, 0) is 43.4 Å². The van der Waals surface area contributed by atoms with Crippen molar-refractivity contribution >= 4 is 21.9 Å². The van der Waals surface area contributed by atoms with Gasteiger partial charge >= 0.3 is 5.97 Å². The summed E-state index contributed by atoms with van der Waals surface area (Å²) >= 11 is 3.45. The molecule has 0 saturated heterocycles. The molecule has 1 aromatic rings. The smallest absolute Gasteiger partial charge is 0.308 e. The molecule has 1 aliphatic carbocycles. The van der Waals surface area contributed by atoms with Gasteiger partial charge in [-0.25, -0.2) is 0 Å². The van der Waals surface area contributed by atoms with Gasteiger partial charge in [-0.1, -0.05) is 28.1 Å². The van der Waals surface area contributed by atoms with Crippen LogP contribution in [0.5, 0.6) is 0 Å². The summed E-state index contributed by atoms with van der Waals surface area (Å²) < 4.78 is 11.8. The van der Waals surface area contributed by atoms with Crippen molar-refractivity contribution in [3.05, 3.63) is 34.3 Å². The van der Waals surface area contributed by atoms with Crippen molar-refractivity contribution in [3.63, 3.8) is 0 Å². The molecule has 0 radical (unpaired) electrons. The Morgan fingerprint density at radius 1 is 1.32 bits per heavy atom.